The molecule has 1 spiro atoms. The number of allylic oxidation sites excluding steroid dienone is 1. The van der Waals surface area contributed by atoms with Crippen molar-refractivity contribution in [1.82, 2.24) is 0 Å². The van der Waals surface area contributed by atoms with E-state index in [4.69, 9.17) is 14.2 Å². The summed E-state index contributed by atoms with van der Waals surface area (Å²) in [4.78, 5) is 11.9. The number of hydrogen-bond donors (Lipinski definition) is 0. The molecule has 1 aliphatic carbocycles. The van der Waals surface area contributed by atoms with Crippen LogP contribution in [-0.4, -0.2) is 32.1 Å². The highest BCUT2D eigenvalue weighted by Gasteiger charge is 2.42. The second-order valence-electron chi connectivity index (χ2n) is 4.78. The van der Waals surface area contributed by atoms with Crippen LogP contribution >= 0.6 is 0 Å². The normalized spacial score (nSPS) is 21.2. The molecule has 2 aliphatic rings. The van der Waals surface area contributed by atoms with E-state index in [9.17, 15) is 4.79 Å². The number of ether oxygens (including phenoxy) is 3. The van der Waals surface area contributed by atoms with Gasteiger partial charge >= 0.3 is 5.97 Å². The quantitative estimate of drug-likeness (QED) is 0.566. The zero-order valence-corrected chi connectivity index (χ0v) is 11.6. The lowest BCUT2D eigenvalue weighted by Crippen LogP contribution is -2.35. The van der Waals surface area contributed by atoms with Crippen LogP contribution in [0.2, 0.25) is 0 Å². The van der Waals surface area contributed by atoms with Gasteiger partial charge in [-0.25, -0.2) is 4.79 Å². The summed E-state index contributed by atoms with van der Waals surface area (Å²) < 4.78 is 16.2. The van der Waals surface area contributed by atoms with Gasteiger partial charge in [0.25, 0.3) is 0 Å². The van der Waals surface area contributed by atoms with Crippen molar-refractivity contribution in [3.05, 3.63) is 11.1 Å². The Bertz CT molecular complexity index is 433. The summed E-state index contributed by atoms with van der Waals surface area (Å²) >= 11 is 0. The predicted octanol–water partition coefficient (Wildman–Crippen LogP) is 2.19. The highest BCUT2D eigenvalue weighted by molar-refractivity contribution is 5.90. The molecule has 0 aromatic carbocycles. The maximum atomic E-state index is 11.9. The monoisotopic (exact) mass is 264 g/mol. The largest absolute Gasteiger partial charge is 0.466 e. The molecule has 4 nitrogen and oxygen atoms in total. The van der Waals surface area contributed by atoms with Crippen LogP contribution in [0.15, 0.2) is 11.1 Å². The molecular weight excluding hydrogens is 244 g/mol. The van der Waals surface area contributed by atoms with E-state index < -0.39 is 5.79 Å². The lowest BCUT2D eigenvalue weighted by atomic mass is 9.87. The van der Waals surface area contributed by atoms with E-state index >= 15 is 0 Å². The fourth-order valence-electron chi connectivity index (χ4n) is 2.42. The molecule has 0 saturated carbocycles. The fourth-order valence-corrected chi connectivity index (χ4v) is 2.42. The van der Waals surface area contributed by atoms with E-state index in [1.807, 2.05) is 0 Å². The summed E-state index contributed by atoms with van der Waals surface area (Å²) in [5, 5.41) is 0. The van der Waals surface area contributed by atoms with Crippen molar-refractivity contribution in [2.75, 3.05) is 20.3 Å². The van der Waals surface area contributed by atoms with Crippen molar-refractivity contribution in [3.63, 3.8) is 0 Å². The molecule has 1 fully saturated rings. The lowest BCUT2D eigenvalue weighted by Gasteiger charge is -2.32. The molecule has 104 valence electrons. The van der Waals surface area contributed by atoms with Crippen molar-refractivity contribution in [3.8, 4) is 11.8 Å². The third kappa shape index (κ3) is 3.17. The topological polar surface area (TPSA) is 44.8 Å². The van der Waals surface area contributed by atoms with Gasteiger partial charge in [-0.15, -0.1) is 0 Å². The molecule has 0 aromatic rings. The molecule has 4 heteroatoms. The molecular formula is C15H20O4. The Morgan fingerprint density at radius 1 is 1.42 bits per heavy atom. The minimum atomic E-state index is -0.626. The van der Waals surface area contributed by atoms with E-state index in [0.717, 1.165) is 24.8 Å². The number of unbranched alkanes of at least 4 members (excludes halogenated alkanes) is 1. The second-order valence-corrected chi connectivity index (χ2v) is 4.78. The molecule has 1 aliphatic heterocycles. The van der Waals surface area contributed by atoms with Crippen LogP contribution in [0.4, 0.5) is 0 Å². The summed E-state index contributed by atoms with van der Waals surface area (Å²) in [6.07, 6.45) is 3.76. The van der Waals surface area contributed by atoms with E-state index in [2.05, 4.69) is 18.8 Å². The Morgan fingerprint density at radius 3 is 2.79 bits per heavy atom. The average molecular weight is 264 g/mol. The molecule has 1 heterocycles. The molecule has 0 bridgehead atoms. The molecule has 19 heavy (non-hydrogen) atoms. The summed E-state index contributed by atoms with van der Waals surface area (Å²) in [5.74, 6) is 5.26. The summed E-state index contributed by atoms with van der Waals surface area (Å²) in [5.41, 5.74) is 1.49. The number of rotatable bonds is 2. The van der Waals surface area contributed by atoms with Crippen LogP contribution in [0.3, 0.4) is 0 Å². The van der Waals surface area contributed by atoms with E-state index in [-0.39, 0.29) is 5.97 Å². The SMILES string of the molecule is CCCC#CC1=C(C(=O)OC)CC2(CC1)OCCO2. The van der Waals surface area contributed by atoms with Gasteiger partial charge in [-0.2, -0.15) is 0 Å². The third-order valence-corrected chi connectivity index (χ3v) is 3.43. The minimum absolute atomic E-state index is 0.320. The van der Waals surface area contributed by atoms with Gasteiger partial charge in [0.2, 0.25) is 0 Å². The van der Waals surface area contributed by atoms with Crippen molar-refractivity contribution >= 4 is 5.97 Å². The van der Waals surface area contributed by atoms with Gasteiger partial charge in [0, 0.05) is 24.8 Å². The highest BCUT2D eigenvalue weighted by atomic mass is 16.7. The molecule has 0 N–H and O–H groups in total. The Kier molecular flexibility index (Phi) is 4.62. The van der Waals surface area contributed by atoms with Crippen LogP contribution in [-0.2, 0) is 19.0 Å². The Balaban J connectivity index is 2.22. The molecule has 0 radical (unpaired) electrons. The molecule has 1 saturated heterocycles. The Morgan fingerprint density at radius 2 is 2.16 bits per heavy atom. The average Bonchev–Trinajstić information content (AvgIpc) is 2.88. The predicted molar refractivity (Wildman–Crippen MR) is 70.2 cm³/mol. The van der Waals surface area contributed by atoms with Crippen LogP contribution in [0.1, 0.15) is 39.0 Å². The number of carbonyl (C=O) groups is 1. The van der Waals surface area contributed by atoms with Gasteiger partial charge < -0.3 is 14.2 Å². The molecule has 0 atom stereocenters. The standard InChI is InChI=1S/C15H20O4/c1-3-4-5-6-12-7-8-15(18-9-10-19-15)11-13(12)14(16)17-2/h3-4,7-11H2,1-2H3. The summed E-state index contributed by atoms with van der Waals surface area (Å²) in [6.45, 7) is 3.26. The molecule has 0 amide bonds. The smallest absolute Gasteiger partial charge is 0.334 e. The summed E-state index contributed by atoms with van der Waals surface area (Å²) in [7, 11) is 1.39. The van der Waals surface area contributed by atoms with Gasteiger partial charge in [-0.1, -0.05) is 18.8 Å². The first-order valence-electron chi connectivity index (χ1n) is 6.78. The van der Waals surface area contributed by atoms with Crippen molar-refractivity contribution in [1.29, 1.82) is 0 Å². The molecule has 0 aromatic heterocycles. The third-order valence-electron chi connectivity index (χ3n) is 3.43. The first kappa shape index (κ1) is 14.1. The first-order chi connectivity index (χ1) is 9.21. The maximum absolute atomic E-state index is 11.9. The summed E-state index contributed by atoms with van der Waals surface area (Å²) in [6, 6.07) is 0. The van der Waals surface area contributed by atoms with Crippen LogP contribution in [0, 0.1) is 11.8 Å². The number of hydrogen-bond acceptors (Lipinski definition) is 4. The van der Waals surface area contributed by atoms with Crippen LogP contribution in [0.25, 0.3) is 0 Å². The minimum Gasteiger partial charge on any atom is -0.466 e. The van der Waals surface area contributed by atoms with Crippen LogP contribution in [0.5, 0.6) is 0 Å². The zero-order valence-electron chi connectivity index (χ0n) is 11.6. The van der Waals surface area contributed by atoms with Gasteiger partial charge in [0.05, 0.1) is 25.9 Å². The maximum Gasteiger partial charge on any atom is 0.334 e. The van der Waals surface area contributed by atoms with Gasteiger partial charge in [0.15, 0.2) is 5.79 Å². The zero-order chi connectivity index (χ0) is 13.7. The highest BCUT2D eigenvalue weighted by Crippen LogP contribution is 2.39. The van der Waals surface area contributed by atoms with Crippen molar-refractivity contribution in [2.24, 2.45) is 0 Å². The molecule has 2 rings (SSSR count). The van der Waals surface area contributed by atoms with E-state index in [1.165, 1.54) is 7.11 Å². The van der Waals surface area contributed by atoms with Crippen molar-refractivity contribution < 1.29 is 19.0 Å². The lowest BCUT2D eigenvalue weighted by molar-refractivity contribution is -0.167. The fraction of sp³-hybridized carbons (Fsp3) is 0.667. The number of methoxy groups -OCH3 is 1. The first-order valence-corrected chi connectivity index (χ1v) is 6.78. The number of esters is 1. The Labute approximate surface area is 114 Å². The van der Waals surface area contributed by atoms with E-state index in [0.29, 0.717) is 31.6 Å². The Hall–Kier alpha value is -1.31. The van der Waals surface area contributed by atoms with Crippen LogP contribution < -0.4 is 0 Å². The molecule has 0 unspecified atom stereocenters. The van der Waals surface area contributed by atoms with Gasteiger partial charge in [-0.05, 0) is 12.8 Å². The van der Waals surface area contributed by atoms with Crippen molar-refractivity contribution in [2.45, 2.75) is 44.8 Å². The van der Waals surface area contributed by atoms with Gasteiger partial charge in [0.1, 0.15) is 0 Å². The van der Waals surface area contributed by atoms with Gasteiger partial charge in [-0.3, -0.25) is 0 Å². The number of carbonyl (C=O) groups excluding carboxylic acids is 1. The second kappa shape index (κ2) is 6.23. The van der Waals surface area contributed by atoms with E-state index in [1.54, 1.807) is 0 Å².